The summed E-state index contributed by atoms with van der Waals surface area (Å²) >= 11 is 0. The molecule has 0 spiro atoms. The number of carbonyl (C=O) groups excluding carboxylic acids is 1. The molecule has 1 fully saturated rings. The average Bonchev–Trinajstić information content (AvgIpc) is 2.77. The average molecular weight is 243 g/mol. The van der Waals surface area contributed by atoms with Crippen molar-refractivity contribution in [3.8, 4) is 0 Å². The molecule has 0 bridgehead atoms. The van der Waals surface area contributed by atoms with Crippen LogP contribution in [0, 0.1) is 11.8 Å². The van der Waals surface area contributed by atoms with Crippen LogP contribution in [0.1, 0.15) is 39.0 Å². The standard InChI is InChI=1S/C12H21NO4/c1-2-8(14)6-7-13-11(15)9-4-3-5-10(9)12(16)17/h8-10,14H,2-7H2,1H3,(H,13,15)(H,16,17)/t8?,9-,10+/m1/s1. The van der Waals surface area contributed by atoms with Crippen molar-refractivity contribution in [3.05, 3.63) is 0 Å². The maximum absolute atomic E-state index is 11.8. The highest BCUT2D eigenvalue weighted by atomic mass is 16.4. The molecule has 1 aliphatic rings. The Balaban J connectivity index is 2.34. The van der Waals surface area contributed by atoms with Crippen LogP contribution in [0.5, 0.6) is 0 Å². The Morgan fingerprint density at radius 3 is 2.59 bits per heavy atom. The van der Waals surface area contributed by atoms with E-state index in [-0.39, 0.29) is 5.91 Å². The van der Waals surface area contributed by atoms with Gasteiger partial charge in [-0.05, 0) is 25.7 Å². The highest BCUT2D eigenvalue weighted by Crippen LogP contribution is 2.31. The van der Waals surface area contributed by atoms with E-state index in [1.165, 1.54) is 0 Å². The molecule has 5 nitrogen and oxygen atoms in total. The third-order valence-electron chi connectivity index (χ3n) is 3.42. The first-order valence-corrected chi connectivity index (χ1v) is 6.24. The van der Waals surface area contributed by atoms with Gasteiger partial charge in [-0.1, -0.05) is 13.3 Å². The highest BCUT2D eigenvalue weighted by Gasteiger charge is 2.37. The molecule has 1 aliphatic carbocycles. The minimum atomic E-state index is -0.878. The zero-order valence-corrected chi connectivity index (χ0v) is 10.2. The van der Waals surface area contributed by atoms with Crippen LogP contribution >= 0.6 is 0 Å². The van der Waals surface area contributed by atoms with Gasteiger partial charge in [0.2, 0.25) is 5.91 Å². The van der Waals surface area contributed by atoms with E-state index in [1.807, 2.05) is 6.92 Å². The second-order valence-corrected chi connectivity index (χ2v) is 4.62. The van der Waals surface area contributed by atoms with Crippen molar-refractivity contribution in [1.82, 2.24) is 5.32 Å². The molecule has 1 amide bonds. The molecule has 0 aliphatic heterocycles. The number of nitrogens with one attached hydrogen (secondary N) is 1. The number of hydrogen-bond donors (Lipinski definition) is 3. The quantitative estimate of drug-likeness (QED) is 0.643. The molecular formula is C12H21NO4. The number of amides is 1. The molecule has 98 valence electrons. The number of aliphatic hydroxyl groups is 1. The molecule has 0 aromatic rings. The lowest BCUT2D eigenvalue weighted by atomic mass is 9.95. The van der Waals surface area contributed by atoms with Gasteiger partial charge in [0.25, 0.3) is 0 Å². The maximum atomic E-state index is 11.8. The number of aliphatic hydroxyl groups excluding tert-OH is 1. The largest absolute Gasteiger partial charge is 0.481 e. The Morgan fingerprint density at radius 1 is 1.35 bits per heavy atom. The van der Waals surface area contributed by atoms with E-state index >= 15 is 0 Å². The van der Waals surface area contributed by atoms with Crippen molar-refractivity contribution in [1.29, 1.82) is 0 Å². The predicted molar refractivity (Wildman–Crippen MR) is 62.4 cm³/mol. The van der Waals surface area contributed by atoms with Gasteiger partial charge in [-0.25, -0.2) is 0 Å². The summed E-state index contributed by atoms with van der Waals surface area (Å²) in [5.41, 5.74) is 0. The fourth-order valence-electron chi connectivity index (χ4n) is 2.27. The summed E-state index contributed by atoms with van der Waals surface area (Å²) in [6.45, 7) is 2.29. The maximum Gasteiger partial charge on any atom is 0.307 e. The molecule has 0 radical (unpaired) electrons. The number of carboxylic acids is 1. The topological polar surface area (TPSA) is 86.6 Å². The number of aliphatic carboxylic acids is 1. The smallest absolute Gasteiger partial charge is 0.307 e. The molecule has 0 aromatic carbocycles. The first-order valence-electron chi connectivity index (χ1n) is 6.24. The number of carboxylic acid groups (broad SMARTS) is 1. The normalized spacial score (nSPS) is 25.5. The summed E-state index contributed by atoms with van der Waals surface area (Å²) < 4.78 is 0. The number of rotatable bonds is 6. The number of hydrogen-bond acceptors (Lipinski definition) is 3. The molecule has 1 saturated carbocycles. The lowest BCUT2D eigenvalue weighted by Gasteiger charge is -2.16. The zero-order chi connectivity index (χ0) is 12.8. The van der Waals surface area contributed by atoms with Gasteiger partial charge in [-0.15, -0.1) is 0 Å². The van der Waals surface area contributed by atoms with Gasteiger partial charge in [-0.2, -0.15) is 0 Å². The molecule has 3 atom stereocenters. The first-order chi connectivity index (χ1) is 8.06. The van der Waals surface area contributed by atoms with Crippen LogP contribution in [0.3, 0.4) is 0 Å². The van der Waals surface area contributed by atoms with E-state index in [2.05, 4.69) is 5.32 Å². The van der Waals surface area contributed by atoms with Crippen LogP contribution < -0.4 is 5.32 Å². The van der Waals surface area contributed by atoms with Crippen molar-refractivity contribution in [2.45, 2.75) is 45.1 Å². The van der Waals surface area contributed by atoms with Gasteiger partial charge in [0.1, 0.15) is 0 Å². The lowest BCUT2D eigenvalue weighted by molar-refractivity contribution is -0.146. The van der Waals surface area contributed by atoms with Gasteiger partial charge in [-0.3, -0.25) is 9.59 Å². The summed E-state index contributed by atoms with van der Waals surface area (Å²) in [5, 5.41) is 21.0. The molecular weight excluding hydrogens is 222 g/mol. The van der Waals surface area contributed by atoms with Crippen molar-refractivity contribution >= 4 is 11.9 Å². The lowest BCUT2D eigenvalue weighted by Crippen LogP contribution is -2.36. The van der Waals surface area contributed by atoms with Gasteiger partial charge >= 0.3 is 5.97 Å². The summed E-state index contributed by atoms with van der Waals surface area (Å²) in [6.07, 6.45) is 2.83. The van der Waals surface area contributed by atoms with Crippen molar-refractivity contribution in [3.63, 3.8) is 0 Å². The van der Waals surface area contributed by atoms with E-state index < -0.39 is 23.9 Å². The van der Waals surface area contributed by atoms with Crippen molar-refractivity contribution < 1.29 is 19.8 Å². The molecule has 17 heavy (non-hydrogen) atoms. The molecule has 5 heteroatoms. The Labute approximate surface area is 101 Å². The number of carbonyl (C=O) groups is 2. The molecule has 3 N–H and O–H groups in total. The Kier molecular flexibility index (Phi) is 5.41. The second kappa shape index (κ2) is 6.59. The molecule has 0 saturated heterocycles. The Hall–Kier alpha value is -1.10. The molecule has 0 aromatic heterocycles. The van der Waals surface area contributed by atoms with E-state index in [9.17, 15) is 14.7 Å². The fraction of sp³-hybridized carbons (Fsp3) is 0.833. The van der Waals surface area contributed by atoms with Crippen LogP contribution in [0.15, 0.2) is 0 Å². The van der Waals surface area contributed by atoms with Gasteiger partial charge in [0, 0.05) is 6.54 Å². The minimum Gasteiger partial charge on any atom is -0.481 e. The van der Waals surface area contributed by atoms with Gasteiger partial charge in [0.15, 0.2) is 0 Å². The minimum absolute atomic E-state index is 0.182. The van der Waals surface area contributed by atoms with E-state index in [4.69, 9.17) is 5.11 Å². The van der Waals surface area contributed by atoms with Gasteiger partial charge < -0.3 is 15.5 Å². The Bertz CT molecular complexity index is 280. The van der Waals surface area contributed by atoms with Crippen LogP contribution in [0.4, 0.5) is 0 Å². The highest BCUT2D eigenvalue weighted by molar-refractivity contribution is 5.85. The second-order valence-electron chi connectivity index (χ2n) is 4.62. The summed E-state index contributed by atoms with van der Waals surface area (Å²) in [7, 11) is 0. The Morgan fingerprint density at radius 2 is 2.00 bits per heavy atom. The zero-order valence-electron chi connectivity index (χ0n) is 10.2. The predicted octanol–water partition coefficient (Wildman–Crippen LogP) is 0.764. The summed E-state index contributed by atoms with van der Waals surface area (Å²) in [6, 6.07) is 0. The van der Waals surface area contributed by atoms with Crippen LogP contribution in [0.2, 0.25) is 0 Å². The SMILES string of the molecule is CCC(O)CCNC(=O)[C@@H]1CCC[C@@H]1C(=O)O. The molecule has 1 rings (SSSR count). The van der Waals surface area contributed by atoms with Gasteiger partial charge in [0.05, 0.1) is 17.9 Å². The van der Waals surface area contributed by atoms with E-state index in [1.54, 1.807) is 0 Å². The van der Waals surface area contributed by atoms with E-state index in [0.29, 0.717) is 32.2 Å². The third-order valence-corrected chi connectivity index (χ3v) is 3.42. The fourth-order valence-corrected chi connectivity index (χ4v) is 2.27. The van der Waals surface area contributed by atoms with E-state index in [0.717, 1.165) is 6.42 Å². The van der Waals surface area contributed by atoms with Crippen LogP contribution in [0.25, 0.3) is 0 Å². The monoisotopic (exact) mass is 243 g/mol. The van der Waals surface area contributed by atoms with Crippen LogP contribution in [-0.2, 0) is 9.59 Å². The van der Waals surface area contributed by atoms with Crippen molar-refractivity contribution in [2.24, 2.45) is 11.8 Å². The summed E-state index contributed by atoms with van der Waals surface area (Å²) in [5.74, 6) is -1.99. The molecule has 1 unspecified atom stereocenters. The molecule has 0 heterocycles. The van der Waals surface area contributed by atoms with Crippen LogP contribution in [-0.4, -0.2) is 34.7 Å². The van der Waals surface area contributed by atoms with Crippen molar-refractivity contribution in [2.75, 3.05) is 6.54 Å². The third kappa shape index (κ3) is 4.00. The summed E-state index contributed by atoms with van der Waals surface area (Å²) in [4.78, 5) is 22.7. The first kappa shape index (κ1) is 14.0.